The predicted molar refractivity (Wildman–Crippen MR) is 81.1 cm³/mol. The van der Waals surface area contributed by atoms with E-state index in [4.69, 9.17) is 9.84 Å². The molecular weight excluding hydrogens is 282 g/mol. The van der Waals surface area contributed by atoms with Gasteiger partial charge in [0.25, 0.3) is 0 Å². The second kappa shape index (κ2) is 5.63. The third-order valence-electron chi connectivity index (χ3n) is 4.85. The molecule has 2 N–H and O–H groups in total. The monoisotopic (exact) mass is 303 g/mol. The first-order chi connectivity index (χ1) is 10.5. The molecular formula is C17H21NO4. The van der Waals surface area contributed by atoms with Crippen LogP contribution in [-0.2, 0) is 9.59 Å². The van der Waals surface area contributed by atoms with Crippen LogP contribution in [0.3, 0.4) is 0 Å². The molecule has 3 atom stereocenters. The van der Waals surface area contributed by atoms with Gasteiger partial charge in [0.1, 0.15) is 18.3 Å². The Morgan fingerprint density at radius 3 is 2.64 bits per heavy atom. The van der Waals surface area contributed by atoms with Crippen LogP contribution in [0.5, 0.6) is 5.75 Å². The number of hydrogen-bond acceptors (Lipinski definition) is 3. The number of aryl methyl sites for hydroxylation is 2. The number of carbonyl (C=O) groups is 2. The molecule has 5 heteroatoms. The van der Waals surface area contributed by atoms with E-state index in [0.29, 0.717) is 19.4 Å². The number of amides is 1. The molecule has 0 aromatic heterocycles. The van der Waals surface area contributed by atoms with Gasteiger partial charge in [-0.1, -0.05) is 6.07 Å². The molecule has 1 aliphatic carbocycles. The molecule has 1 aliphatic heterocycles. The van der Waals surface area contributed by atoms with Crippen molar-refractivity contribution in [3.05, 3.63) is 28.8 Å². The number of fused-ring (bicyclic) bond motifs is 1. The minimum absolute atomic E-state index is 0.0378. The topological polar surface area (TPSA) is 75.6 Å². The molecule has 5 nitrogen and oxygen atoms in total. The lowest BCUT2D eigenvalue weighted by Gasteiger charge is -2.16. The minimum atomic E-state index is -0.766. The van der Waals surface area contributed by atoms with Gasteiger partial charge in [-0.15, -0.1) is 0 Å². The Labute approximate surface area is 129 Å². The summed E-state index contributed by atoms with van der Waals surface area (Å²) < 4.78 is 5.64. The predicted octanol–water partition coefficient (Wildman–Crippen LogP) is 2.15. The Bertz CT molecular complexity index is 625. The summed E-state index contributed by atoms with van der Waals surface area (Å²) in [5.41, 5.74) is 3.24. The van der Waals surface area contributed by atoms with E-state index in [0.717, 1.165) is 28.9 Å². The standard InChI is InChI=1S/C17H21NO4/c1-9-5-13-14(8-22-15(13)6-10(9)2)16(19)18-12-4-3-11(7-12)17(20)21/h5-6,11-12,14H,3-4,7-8H2,1-2H3,(H,18,19)(H,20,21)/t11-,12+,14?/m1/s1. The number of hydrogen-bond donors (Lipinski definition) is 2. The largest absolute Gasteiger partial charge is 0.492 e. The number of nitrogens with one attached hydrogen (secondary N) is 1. The van der Waals surface area contributed by atoms with Crippen molar-refractivity contribution in [1.82, 2.24) is 5.32 Å². The molecule has 0 saturated heterocycles. The van der Waals surface area contributed by atoms with Crippen molar-refractivity contribution in [3.8, 4) is 5.75 Å². The fourth-order valence-electron chi connectivity index (χ4n) is 3.33. The summed E-state index contributed by atoms with van der Waals surface area (Å²) >= 11 is 0. The van der Waals surface area contributed by atoms with E-state index >= 15 is 0 Å². The van der Waals surface area contributed by atoms with E-state index in [1.807, 2.05) is 26.0 Å². The molecule has 0 bridgehead atoms. The van der Waals surface area contributed by atoms with Crippen LogP contribution in [0.4, 0.5) is 0 Å². The maximum Gasteiger partial charge on any atom is 0.306 e. The lowest BCUT2D eigenvalue weighted by atomic mass is 9.96. The maximum absolute atomic E-state index is 12.5. The smallest absolute Gasteiger partial charge is 0.306 e. The summed E-state index contributed by atoms with van der Waals surface area (Å²) in [6, 6.07) is 3.97. The SMILES string of the molecule is Cc1cc2c(cc1C)C(C(=O)N[C@H]1CC[C@@H](C(=O)O)C1)CO2. The van der Waals surface area contributed by atoms with Gasteiger partial charge in [0.05, 0.1) is 5.92 Å². The van der Waals surface area contributed by atoms with Crippen molar-refractivity contribution in [1.29, 1.82) is 0 Å². The van der Waals surface area contributed by atoms with Crippen molar-refractivity contribution in [2.24, 2.45) is 5.92 Å². The van der Waals surface area contributed by atoms with Crippen LogP contribution in [0.1, 0.15) is 41.9 Å². The average Bonchev–Trinajstić information content (AvgIpc) is 3.06. The number of carboxylic acids is 1. The van der Waals surface area contributed by atoms with E-state index in [1.54, 1.807) is 0 Å². The number of benzene rings is 1. The maximum atomic E-state index is 12.5. The molecule has 0 spiro atoms. The number of aliphatic carboxylic acids is 1. The third kappa shape index (κ3) is 2.67. The normalized spacial score (nSPS) is 26.4. The molecule has 118 valence electrons. The van der Waals surface area contributed by atoms with Gasteiger partial charge in [-0.25, -0.2) is 0 Å². The molecule has 1 aromatic rings. The Kier molecular flexibility index (Phi) is 3.81. The van der Waals surface area contributed by atoms with Gasteiger partial charge in [-0.3, -0.25) is 9.59 Å². The van der Waals surface area contributed by atoms with Gasteiger partial charge >= 0.3 is 5.97 Å². The lowest BCUT2D eigenvalue weighted by molar-refractivity contribution is -0.141. The summed E-state index contributed by atoms with van der Waals surface area (Å²) in [4.78, 5) is 23.5. The summed E-state index contributed by atoms with van der Waals surface area (Å²) in [7, 11) is 0. The molecule has 1 unspecified atom stereocenters. The average molecular weight is 303 g/mol. The Morgan fingerprint density at radius 2 is 1.95 bits per heavy atom. The number of carbonyl (C=O) groups excluding carboxylic acids is 1. The number of rotatable bonds is 3. The van der Waals surface area contributed by atoms with Crippen molar-refractivity contribution < 1.29 is 19.4 Å². The van der Waals surface area contributed by atoms with Gasteiger partial charge in [0.2, 0.25) is 5.91 Å². The van der Waals surface area contributed by atoms with Gasteiger partial charge in [0, 0.05) is 11.6 Å². The van der Waals surface area contributed by atoms with Gasteiger partial charge in [0.15, 0.2) is 0 Å². The quantitative estimate of drug-likeness (QED) is 0.897. The first-order valence-electron chi connectivity index (χ1n) is 7.73. The van der Waals surface area contributed by atoms with E-state index in [1.165, 1.54) is 0 Å². The van der Waals surface area contributed by atoms with Crippen LogP contribution < -0.4 is 10.1 Å². The second-order valence-electron chi connectivity index (χ2n) is 6.39. The van der Waals surface area contributed by atoms with Crippen LogP contribution in [0.25, 0.3) is 0 Å². The molecule has 1 aromatic carbocycles. The molecule has 1 amide bonds. The number of ether oxygens (including phenoxy) is 1. The van der Waals surface area contributed by atoms with Gasteiger partial charge in [-0.2, -0.15) is 0 Å². The first-order valence-corrected chi connectivity index (χ1v) is 7.73. The fraction of sp³-hybridized carbons (Fsp3) is 0.529. The Hall–Kier alpha value is -2.04. The van der Waals surface area contributed by atoms with Crippen molar-refractivity contribution in [2.75, 3.05) is 6.61 Å². The van der Waals surface area contributed by atoms with E-state index in [9.17, 15) is 9.59 Å². The van der Waals surface area contributed by atoms with Crippen LogP contribution >= 0.6 is 0 Å². The highest BCUT2D eigenvalue weighted by Gasteiger charge is 2.35. The zero-order chi connectivity index (χ0) is 15.9. The molecule has 2 aliphatic rings. The number of carboxylic acid groups (broad SMARTS) is 1. The summed E-state index contributed by atoms with van der Waals surface area (Å²) in [5, 5.41) is 12.0. The third-order valence-corrected chi connectivity index (χ3v) is 4.85. The Morgan fingerprint density at radius 1 is 1.23 bits per heavy atom. The van der Waals surface area contributed by atoms with Crippen molar-refractivity contribution in [2.45, 2.75) is 45.1 Å². The summed E-state index contributed by atoms with van der Waals surface area (Å²) in [6.07, 6.45) is 1.89. The molecule has 3 rings (SSSR count). The highest BCUT2D eigenvalue weighted by molar-refractivity contribution is 5.86. The highest BCUT2D eigenvalue weighted by atomic mass is 16.5. The van der Waals surface area contributed by atoms with Gasteiger partial charge in [-0.05, 0) is 50.3 Å². The van der Waals surface area contributed by atoms with Gasteiger partial charge < -0.3 is 15.2 Å². The molecule has 0 radical (unpaired) electrons. The fourth-order valence-corrected chi connectivity index (χ4v) is 3.33. The molecule has 1 saturated carbocycles. The summed E-state index contributed by atoms with van der Waals surface area (Å²) in [6.45, 7) is 4.41. The van der Waals surface area contributed by atoms with Crippen LogP contribution in [0.15, 0.2) is 12.1 Å². The van der Waals surface area contributed by atoms with E-state index in [-0.39, 0.29) is 23.8 Å². The van der Waals surface area contributed by atoms with Crippen molar-refractivity contribution in [3.63, 3.8) is 0 Å². The van der Waals surface area contributed by atoms with Crippen LogP contribution in [-0.4, -0.2) is 29.6 Å². The first kappa shape index (κ1) is 14.9. The lowest BCUT2D eigenvalue weighted by Crippen LogP contribution is -2.37. The molecule has 22 heavy (non-hydrogen) atoms. The highest BCUT2D eigenvalue weighted by Crippen LogP contribution is 2.36. The zero-order valence-corrected chi connectivity index (χ0v) is 12.9. The minimum Gasteiger partial charge on any atom is -0.492 e. The van der Waals surface area contributed by atoms with Crippen molar-refractivity contribution >= 4 is 11.9 Å². The molecule has 1 heterocycles. The summed E-state index contributed by atoms with van der Waals surface area (Å²) in [5.74, 6) is -0.658. The zero-order valence-electron chi connectivity index (χ0n) is 12.9. The Balaban J connectivity index is 1.68. The van der Waals surface area contributed by atoms with E-state index < -0.39 is 5.97 Å². The van der Waals surface area contributed by atoms with Crippen LogP contribution in [0.2, 0.25) is 0 Å². The molecule has 1 fully saturated rings. The van der Waals surface area contributed by atoms with Crippen LogP contribution in [0, 0.1) is 19.8 Å². The second-order valence-corrected chi connectivity index (χ2v) is 6.39. The van der Waals surface area contributed by atoms with E-state index in [2.05, 4.69) is 5.32 Å².